The number of fused-ring (bicyclic) bond motifs is 1. The fourth-order valence-electron chi connectivity index (χ4n) is 2.28. The largest absolute Gasteiger partial charge is 0.493 e. The van der Waals surface area contributed by atoms with Gasteiger partial charge in [0.1, 0.15) is 6.10 Å². The summed E-state index contributed by atoms with van der Waals surface area (Å²) in [5, 5.41) is 5.32. The van der Waals surface area contributed by atoms with E-state index in [-0.39, 0.29) is 11.7 Å². The van der Waals surface area contributed by atoms with E-state index in [1.165, 1.54) is 4.68 Å². The second-order valence-electron chi connectivity index (χ2n) is 4.77. The average molecular weight is 276 g/mol. The monoisotopic (exact) mass is 276 g/mol. The molecule has 20 heavy (non-hydrogen) atoms. The van der Waals surface area contributed by atoms with E-state index in [4.69, 9.17) is 14.2 Å². The summed E-state index contributed by atoms with van der Waals surface area (Å²) in [6, 6.07) is 3.49. The minimum Gasteiger partial charge on any atom is -0.493 e. The molecule has 106 valence electrons. The maximum absolute atomic E-state index is 12.0. The van der Waals surface area contributed by atoms with Gasteiger partial charge >= 0.3 is 0 Å². The Hall–Kier alpha value is -2.08. The van der Waals surface area contributed by atoms with Crippen LogP contribution < -0.4 is 15.0 Å². The van der Waals surface area contributed by atoms with Gasteiger partial charge in [-0.1, -0.05) is 0 Å². The van der Waals surface area contributed by atoms with E-state index in [9.17, 15) is 4.79 Å². The van der Waals surface area contributed by atoms with Crippen molar-refractivity contribution in [2.24, 2.45) is 7.05 Å². The molecule has 1 aromatic carbocycles. The van der Waals surface area contributed by atoms with Gasteiger partial charge in [0.2, 0.25) is 0 Å². The lowest BCUT2D eigenvalue weighted by Crippen LogP contribution is -2.19. The number of benzene rings is 1. The van der Waals surface area contributed by atoms with Crippen LogP contribution >= 0.6 is 0 Å². The highest BCUT2D eigenvalue weighted by molar-refractivity contribution is 5.84. The lowest BCUT2D eigenvalue weighted by atomic mass is 10.1. The first-order valence-corrected chi connectivity index (χ1v) is 6.47. The van der Waals surface area contributed by atoms with Crippen LogP contribution in [0.3, 0.4) is 0 Å². The van der Waals surface area contributed by atoms with Crippen LogP contribution in [0.4, 0.5) is 0 Å². The zero-order valence-corrected chi connectivity index (χ0v) is 11.5. The van der Waals surface area contributed by atoms with E-state index in [1.807, 2.05) is 0 Å². The Morgan fingerprint density at radius 3 is 2.95 bits per heavy atom. The highest BCUT2D eigenvalue weighted by Crippen LogP contribution is 2.32. The smallest absolute Gasteiger partial charge is 0.274 e. The Labute approximate surface area is 115 Å². The van der Waals surface area contributed by atoms with Crippen LogP contribution in [-0.2, 0) is 11.8 Å². The van der Waals surface area contributed by atoms with Crippen molar-refractivity contribution in [2.45, 2.75) is 12.5 Å². The fraction of sp³-hybridized carbons (Fsp3) is 0.429. The third kappa shape index (κ3) is 2.22. The summed E-state index contributed by atoms with van der Waals surface area (Å²) in [4.78, 5) is 12.0. The van der Waals surface area contributed by atoms with Crippen molar-refractivity contribution in [3.63, 3.8) is 0 Å². The Morgan fingerprint density at radius 2 is 2.25 bits per heavy atom. The maximum atomic E-state index is 12.0. The fourth-order valence-corrected chi connectivity index (χ4v) is 2.28. The molecule has 6 heteroatoms. The minimum atomic E-state index is -0.156. The van der Waals surface area contributed by atoms with Crippen LogP contribution in [0.15, 0.2) is 23.1 Å². The number of methoxy groups -OCH3 is 1. The summed E-state index contributed by atoms with van der Waals surface area (Å²) >= 11 is 0. The van der Waals surface area contributed by atoms with Gasteiger partial charge in [0.05, 0.1) is 31.9 Å². The molecule has 0 radical (unpaired) electrons. The molecule has 0 aliphatic carbocycles. The highest BCUT2D eigenvalue weighted by atomic mass is 16.6. The van der Waals surface area contributed by atoms with Crippen molar-refractivity contribution in [3.05, 3.63) is 28.7 Å². The minimum absolute atomic E-state index is 0.0286. The van der Waals surface area contributed by atoms with Crippen molar-refractivity contribution in [1.29, 1.82) is 0 Å². The first-order valence-electron chi connectivity index (χ1n) is 6.47. The van der Waals surface area contributed by atoms with Gasteiger partial charge in [-0.05, 0) is 12.1 Å². The lowest BCUT2D eigenvalue weighted by Gasteiger charge is -2.15. The quantitative estimate of drug-likeness (QED) is 0.840. The molecule has 0 N–H and O–H groups in total. The van der Waals surface area contributed by atoms with Gasteiger partial charge in [0.15, 0.2) is 11.5 Å². The molecule has 0 spiro atoms. The Balaban J connectivity index is 2.07. The number of hydrogen-bond donors (Lipinski definition) is 0. The van der Waals surface area contributed by atoms with E-state index >= 15 is 0 Å². The molecule has 1 aliphatic rings. The highest BCUT2D eigenvalue weighted by Gasteiger charge is 2.20. The second kappa shape index (κ2) is 5.13. The van der Waals surface area contributed by atoms with Crippen molar-refractivity contribution >= 4 is 10.8 Å². The molecule has 2 aromatic rings. The van der Waals surface area contributed by atoms with Crippen LogP contribution in [0.1, 0.15) is 6.42 Å². The van der Waals surface area contributed by atoms with Crippen molar-refractivity contribution in [2.75, 3.05) is 20.3 Å². The van der Waals surface area contributed by atoms with Gasteiger partial charge in [-0.3, -0.25) is 4.79 Å². The van der Waals surface area contributed by atoms with E-state index < -0.39 is 0 Å². The molecular formula is C14H16N2O4. The number of hydrogen-bond acceptors (Lipinski definition) is 5. The number of nitrogens with zero attached hydrogens (tertiary/aromatic N) is 2. The summed E-state index contributed by atoms with van der Waals surface area (Å²) < 4.78 is 17.8. The van der Waals surface area contributed by atoms with Gasteiger partial charge in [-0.2, -0.15) is 5.10 Å². The zero-order valence-electron chi connectivity index (χ0n) is 11.5. The summed E-state index contributed by atoms with van der Waals surface area (Å²) in [6.07, 6.45) is 2.53. The Bertz CT molecular complexity index is 689. The van der Waals surface area contributed by atoms with E-state index in [0.29, 0.717) is 30.1 Å². The third-order valence-corrected chi connectivity index (χ3v) is 3.41. The number of ether oxygens (including phenoxy) is 3. The van der Waals surface area contributed by atoms with Crippen LogP contribution in [0.2, 0.25) is 0 Å². The molecule has 0 bridgehead atoms. The third-order valence-electron chi connectivity index (χ3n) is 3.41. The normalized spacial score (nSPS) is 18.4. The van der Waals surface area contributed by atoms with Gasteiger partial charge in [0.25, 0.3) is 5.56 Å². The molecule has 0 amide bonds. The van der Waals surface area contributed by atoms with Gasteiger partial charge in [-0.25, -0.2) is 4.68 Å². The van der Waals surface area contributed by atoms with Crippen molar-refractivity contribution in [1.82, 2.24) is 9.78 Å². The molecule has 2 heterocycles. The maximum Gasteiger partial charge on any atom is 0.274 e. The molecule has 1 atom stereocenters. The summed E-state index contributed by atoms with van der Waals surface area (Å²) in [7, 11) is 3.18. The molecule has 1 fully saturated rings. The van der Waals surface area contributed by atoms with E-state index in [2.05, 4.69) is 5.10 Å². The molecule has 0 unspecified atom stereocenters. The molecule has 1 saturated heterocycles. The Kier molecular flexibility index (Phi) is 3.31. The number of rotatable bonds is 3. The summed E-state index contributed by atoms with van der Waals surface area (Å²) in [5.74, 6) is 1.17. The van der Waals surface area contributed by atoms with Crippen LogP contribution in [0.5, 0.6) is 11.5 Å². The second-order valence-corrected chi connectivity index (χ2v) is 4.77. The summed E-state index contributed by atoms with van der Waals surface area (Å²) in [5.41, 5.74) is -0.156. The van der Waals surface area contributed by atoms with Gasteiger partial charge < -0.3 is 14.2 Å². The van der Waals surface area contributed by atoms with E-state index in [0.717, 1.165) is 11.8 Å². The molecule has 3 rings (SSSR count). The van der Waals surface area contributed by atoms with Crippen LogP contribution in [-0.4, -0.2) is 36.2 Å². The first kappa shape index (κ1) is 12.9. The van der Waals surface area contributed by atoms with E-state index in [1.54, 1.807) is 32.5 Å². The van der Waals surface area contributed by atoms with Crippen LogP contribution in [0.25, 0.3) is 10.8 Å². The predicted octanol–water partition coefficient (Wildman–Crippen LogP) is 1.11. The zero-order chi connectivity index (χ0) is 14.1. The number of aromatic nitrogens is 2. The van der Waals surface area contributed by atoms with Crippen LogP contribution in [0, 0.1) is 0 Å². The molecule has 0 saturated carbocycles. The molecule has 1 aromatic heterocycles. The number of aryl methyl sites for hydroxylation is 1. The first-order chi connectivity index (χ1) is 9.69. The van der Waals surface area contributed by atoms with Gasteiger partial charge in [-0.15, -0.1) is 0 Å². The topological polar surface area (TPSA) is 62.6 Å². The average Bonchev–Trinajstić information content (AvgIpc) is 2.96. The standard InChI is InChI=1S/C14H16N2O4/c1-16-14(17)11-6-12(18-2)13(5-9(11)7-15-16)20-10-3-4-19-8-10/h5-7,10H,3-4,8H2,1-2H3/t10-/m0/s1. The Morgan fingerprint density at radius 1 is 1.40 bits per heavy atom. The lowest BCUT2D eigenvalue weighted by molar-refractivity contribution is 0.139. The summed E-state index contributed by atoms with van der Waals surface area (Å²) in [6.45, 7) is 1.29. The predicted molar refractivity (Wildman–Crippen MR) is 73.4 cm³/mol. The molecule has 6 nitrogen and oxygen atoms in total. The van der Waals surface area contributed by atoms with Crippen molar-refractivity contribution < 1.29 is 14.2 Å². The van der Waals surface area contributed by atoms with Gasteiger partial charge in [0, 0.05) is 18.9 Å². The SMILES string of the molecule is COc1cc2c(=O)n(C)ncc2cc1O[C@H]1CCOC1. The van der Waals surface area contributed by atoms with Crippen molar-refractivity contribution in [3.8, 4) is 11.5 Å². The molecular weight excluding hydrogens is 260 g/mol. The molecule has 1 aliphatic heterocycles.